The summed E-state index contributed by atoms with van der Waals surface area (Å²) in [6, 6.07) is -3.41. The van der Waals surface area contributed by atoms with Gasteiger partial charge in [0.15, 0.2) is 0 Å². The molecule has 22 heavy (non-hydrogen) atoms. The van der Waals surface area contributed by atoms with Gasteiger partial charge in [0.05, 0.1) is 13.3 Å². The van der Waals surface area contributed by atoms with Crippen LogP contribution in [0.15, 0.2) is 0 Å². The number of hydrogen-bond acceptors (Lipinski definition) is 2. The molecule has 132 valence electrons. The Morgan fingerprint density at radius 1 is 0.773 bits per heavy atom. The van der Waals surface area contributed by atoms with Crippen molar-refractivity contribution < 1.29 is 35.9 Å². The summed E-state index contributed by atoms with van der Waals surface area (Å²) < 4.78 is 77.8. The molecule has 0 aromatic carbocycles. The van der Waals surface area contributed by atoms with Crippen molar-refractivity contribution in [3.8, 4) is 0 Å². The molecule has 0 heterocycles. The Morgan fingerprint density at radius 2 is 1.18 bits per heavy atom. The van der Waals surface area contributed by atoms with E-state index in [1.807, 2.05) is 0 Å². The quantitative estimate of drug-likeness (QED) is 0.247. The molecule has 0 radical (unpaired) electrons. The number of ether oxygens (including phenoxy) is 1. The lowest BCUT2D eigenvalue weighted by molar-refractivity contribution is -0.336. The Bertz CT molecular complexity index is 310. The van der Waals surface area contributed by atoms with Crippen LogP contribution < -0.4 is 0 Å². The van der Waals surface area contributed by atoms with Crippen molar-refractivity contribution in [3.63, 3.8) is 0 Å². The maximum absolute atomic E-state index is 12.8. The van der Waals surface area contributed by atoms with Gasteiger partial charge in [0, 0.05) is 0 Å². The van der Waals surface area contributed by atoms with Crippen molar-refractivity contribution in [2.45, 2.75) is 69.8 Å². The van der Waals surface area contributed by atoms with E-state index in [0.29, 0.717) is 12.8 Å². The van der Waals surface area contributed by atoms with Crippen molar-refractivity contribution in [3.05, 3.63) is 0 Å². The van der Waals surface area contributed by atoms with Gasteiger partial charge in [0.25, 0.3) is 0 Å². The second-order valence-electron chi connectivity index (χ2n) is 5.08. The summed E-state index contributed by atoms with van der Waals surface area (Å²) in [5.74, 6) is -5.45. The summed E-state index contributed by atoms with van der Waals surface area (Å²) in [5.41, 5.74) is 0. The zero-order chi connectivity index (χ0) is 17.1. The Morgan fingerprint density at radius 3 is 1.59 bits per heavy atom. The van der Waals surface area contributed by atoms with Crippen LogP contribution in [0.2, 0.25) is 0 Å². The number of carbonyl (C=O) groups excluding carboxylic acids is 1. The number of unbranched alkanes of at least 4 members (excludes halogenated alkanes) is 8. The SMILES string of the molecule is O=C(F)C(F)(F)C(F)(F)OCCCCCCCCCCCF. The van der Waals surface area contributed by atoms with E-state index in [2.05, 4.69) is 4.74 Å². The normalized spacial score (nSPS) is 12.6. The van der Waals surface area contributed by atoms with Gasteiger partial charge in [-0.1, -0.05) is 44.9 Å². The number of hydrogen-bond donors (Lipinski definition) is 0. The molecule has 0 fully saturated rings. The van der Waals surface area contributed by atoms with Crippen molar-refractivity contribution in [2.24, 2.45) is 0 Å². The van der Waals surface area contributed by atoms with Gasteiger partial charge in [-0.25, -0.2) is 0 Å². The number of rotatable bonds is 14. The van der Waals surface area contributed by atoms with Crippen molar-refractivity contribution >= 4 is 6.04 Å². The Kier molecular flexibility index (Phi) is 10.5. The van der Waals surface area contributed by atoms with Crippen LogP contribution in [0.5, 0.6) is 0 Å². The average Bonchev–Trinajstić information content (AvgIpc) is 2.44. The van der Waals surface area contributed by atoms with Crippen molar-refractivity contribution in [2.75, 3.05) is 13.3 Å². The van der Waals surface area contributed by atoms with E-state index in [4.69, 9.17) is 0 Å². The smallest absolute Gasteiger partial charge is 0.315 e. The van der Waals surface area contributed by atoms with E-state index >= 15 is 0 Å². The Labute approximate surface area is 126 Å². The zero-order valence-corrected chi connectivity index (χ0v) is 12.4. The molecule has 0 bridgehead atoms. The van der Waals surface area contributed by atoms with E-state index in [-0.39, 0.29) is 13.1 Å². The van der Waals surface area contributed by atoms with Crippen LogP contribution in [-0.2, 0) is 9.53 Å². The molecule has 0 atom stereocenters. The minimum atomic E-state index is -5.45. The summed E-state index contributed by atoms with van der Waals surface area (Å²) >= 11 is 0. The maximum atomic E-state index is 12.8. The minimum Gasteiger partial charge on any atom is -0.315 e. The van der Waals surface area contributed by atoms with Gasteiger partial charge in [-0.2, -0.15) is 22.0 Å². The molecular formula is C14H22F6O2. The highest BCUT2D eigenvalue weighted by Crippen LogP contribution is 2.36. The summed E-state index contributed by atoms with van der Waals surface area (Å²) in [4.78, 5) is 9.82. The summed E-state index contributed by atoms with van der Waals surface area (Å²) in [7, 11) is 0. The van der Waals surface area contributed by atoms with Crippen LogP contribution in [0.4, 0.5) is 26.3 Å². The topological polar surface area (TPSA) is 26.3 Å². The third kappa shape index (κ3) is 8.00. The number of alkyl halides is 5. The van der Waals surface area contributed by atoms with Crippen LogP contribution in [0, 0.1) is 0 Å². The lowest BCUT2D eigenvalue weighted by Crippen LogP contribution is -2.47. The lowest BCUT2D eigenvalue weighted by atomic mass is 10.1. The van der Waals surface area contributed by atoms with Crippen LogP contribution in [0.25, 0.3) is 0 Å². The first-order valence-electron chi connectivity index (χ1n) is 7.41. The van der Waals surface area contributed by atoms with E-state index in [0.717, 1.165) is 38.5 Å². The van der Waals surface area contributed by atoms with E-state index in [1.54, 1.807) is 0 Å². The largest absolute Gasteiger partial charge is 0.430 e. The maximum Gasteiger partial charge on any atom is 0.430 e. The molecule has 0 aromatic heterocycles. The molecule has 0 spiro atoms. The highest BCUT2D eigenvalue weighted by Gasteiger charge is 2.64. The molecule has 0 saturated heterocycles. The standard InChI is InChI=1S/C14H22F6O2/c15-10-8-6-4-2-1-3-5-7-9-11-22-14(19,20)13(17,18)12(16)21/h1-11H2. The second kappa shape index (κ2) is 10.9. The molecule has 0 saturated carbocycles. The van der Waals surface area contributed by atoms with Crippen LogP contribution in [0.3, 0.4) is 0 Å². The van der Waals surface area contributed by atoms with Gasteiger partial charge in [0.2, 0.25) is 0 Å². The fourth-order valence-electron chi connectivity index (χ4n) is 1.84. The van der Waals surface area contributed by atoms with E-state index in [1.165, 1.54) is 0 Å². The van der Waals surface area contributed by atoms with E-state index < -0.39 is 24.7 Å². The average molecular weight is 336 g/mol. The summed E-state index contributed by atoms with van der Waals surface area (Å²) in [6.07, 6.45) is 1.38. The molecule has 0 unspecified atom stereocenters. The molecule has 2 nitrogen and oxygen atoms in total. The zero-order valence-electron chi connectivity index (χ0n) is 12.4. The van der Waals surface area contributed by atoms with Crippen molar-refractivity contribution in [1.82, 2.24) is 0 Å². The van der Waals surface area contributed by atoms with E-state index in [9.17, 15) is 31.1 Å². The number of halogens is 6. The van der Waals surface area contributed by atoms with Gasteiger partial charge in [-0.05, 0) is 12.8 Å². The molecule has 0 aliphatic heterocycles. The fraction of sp³-hybridized carbons (Fsp3) is 0.929. The molecule has 0 aromatic rings. The minimum absolute atomic E-state index is 0.119. The fourth-order valence-corrected chi connectivity index (χ4v) is 1.84. The summed E-state index contributed by atoms with van der Waals surface area (Å²) in [6.45, 7) is -0.982. The molecule has 0 aliphatic carbocycles. The predicted molar refractivity (Wildman–Crippen MR) is 69.5 cm³/mol. The first-order valence-corrected chi connectivity index (χ1v) is 7.41. The van der Waals surface area contributed by atoms with Gasteiger partial charge in [0.1, 0.15) is 0 Å². The highest BCUT2D eigenvalue weighted by molar-refractivity contribution is 5.77. The molecule has 0 aliphatic rings. The highest BCUT2D eigenvalue weighted by atomic mass is 19.3. The van der Waals surface area contributed by atoms with Gasteiger partial charge < -0.3 is 4.74 Å². The van der Waals surface area contributed by atoms with Gasteiger partial charge in [-0.15, -0.1) is 0 Å². The third-order valence-corrected chi connectivity index (χ3v) is 3.17. The lowest BCUT2D eigenvalue weighted by Gasteiger charge is -2.22. The third-order valence-electron chi connectivity index (χ3n) is 3.17. The van der Waals surface area contributed by atoms with Crippen LogP contribution in [-0.4, -0.2) is 31.3 Å². The van der Waals surface area contributed by atoms with Crippen LogP contribution >= 0.6 is 0 Å². The van der Waals surface area contributed by atoms with Gasteiger partial charge in [-0.3, -0.25) is 9.18 Å². The molecule has 0 amide bonds. The Hall–Kier alpha value is -0.790. The predicted octanol–water partition coefficient (Wildman–Crippen LogP) is 5.21. The number of carbonyl (C=O) groups is 1. The van der Waals surface area contributed by atoms with Crippen molar-refractivity contribution in [1.29, 1.82) is 0 Å². The van der Waals surface area contributed by atoms with Gasteiger partial charge >= 0.3 is 18.1 Å². The molecule has 0 rings (SSSR count). The molecule has 8 heteroatoms. The Balaban J connectivity index is 3.59. The summed E-state index contributed by atoms with van der Waals surface area (Å²) in [5, 5.41) is 0. The molecular weight excluding hydrogens is 314 g/mol. The first-order chi connectivity index (χ1) is 10.3. The second-order valence-corrected chi connectivity index (χ2v) is 5.08. The molecule has 0 N–H and O–H groups in total. The first kappa shape index (κ1) is 21.2. The monoisotopic (exact) mass is 336 g/mol. The van der Waals surface area contributed by atoms with Crippen LogP contribution in [0.1, 0.15) is 57.8 Å².